The molecule has 2 N–H and O–H groups in total. The lowest BCUT2D eigenvalue weighted by molar-refractivity contribution is 0.310. The zero-order chi connectivity index (χ0) is 7.68. The first-order valence-corrected chi connectivity index (χ1v) is 3.93. The highest BCUT2D eigenvalue weighted by atomic mass is 32.1. The fraction of sp³-hybridized carbons (Fsp3) is 0. The summed E-state index contributed by atoms with van der Waals surface area (Å²) in [5.74, 6) is 0.336. The van der Waals surface area contributed by atoms with Crippen LogP contribution >= 0.6 is 11.3 Å². The third kappa shape index (κ3) is 0.988. The normalized spacial score (nSPS) is 10.2. The van der Waals surface area contributed by atoms with Gasteiger partial charge in [0.2, 0.25) is 0 Å². The second-order valence-corrected chi connectivity index (χ2v) is 2.79. The van der Waals surface area contributed by atoms with Crippen molar-refractivity contribution in [2.75, 3.05) is 5.73 Å². The summed E-state index contributed by atoms with van der Waals surface area (Å²) in [6, 6.07) is 1.92. The van der Waals surface area contributed by atoms with Gasteiger partial charge < -0.3 is 5.73 Å². The predicted octanol–water partition coefficient (Wildman–Crippen LogP) is 1.38. The third-order valence-electron chi connectivity index (χ3n) is 1.31. The average molecular weight is 167 g/mol. The summed E-state index contributed by atoms with van der Waals surface area (Å²) in [7, 11) is 0. The van der Waals surface area contributed by atoms with Gasteiger partial charge >= 0.3 is 0 Å². The zero-order valence-electron chi connectivity index (χ0n) is 5.52. The van der Waals surface area contributed by atoms with Gasteiger partial charge in [-0.05, 0) is 21.8 Å². The van der Waals surface area contributed by atoms with Gasteiger partial charge in [0.15, 0.2) is 11.5 Å². The maximum Gasteiger partial charge on any atom is 0.196 e. The molecule has 0 saturated heterocycles. The highest BCUT2D eigenvalue weighted by molar-refractivity contribution is 7.08. The Hall–Kier alpha value is -1.36. The zero-order valence-corrected chi connectivity index (χ0v) is 6.34. The molecule has 0 saturated carbocycles. The van der Waals surface area contributed by atoms with Crippen molar-refractivity contribution in [1.29, 1.82) is 0 Å². The van der Waals surface area contributed by atoms with Crippen LogP contribution in [0.5, 0.6) is 0 Å². The van der Waals surface area contributed by atoms with Gasteiger partial charge in [-0.1, -0.05) is 0 Å². The molecule has 2 aromatic rings. The first-order valence-electron chi connectivity index (χ1n) is 2.98. The number of rotatable bonds is 1. The van der Waals surface area contributed by atoms with Gasteiger partial charge in [0.1, 0.15) is 0 Å². The SMILES string of the molecule is Nc1nonc1-c1ccsc1. The van der Waals surface area contributed by atoms with E-state index in [0.29, 0.717) is 11.5 Å². The van der Waals surface area contributed by atoms with Crippen LogP contribution in [0.15, 0.2) is 21.5 Å². The van der Waals surface area contributed by atoms with Gasteiger partial charge in [0.05, 0.1) is 0 Å². The second-order valence-electron chi connectivity index (χ2n) is 2.01. The number of nitrogens with zero attached hydrogens (tertiary/aromatic N) is 2. The van der Waals surface area contributed by atoms with E-state index in [1.54, 1.807) is 11.3 Å². The van der Waals surface area contributed by atoms with E-state index < -0.39 is 0 Å². The Morgan fingerprint density at radius 3 is 2.91 bits per heavy atom. The first-order chi connectivity index (χ1) is 5.38. The van der Waals surface area contributed by atoms with Gasteiger partial charge in [-0.2, -0.15) is 11.3 Å². The quantitative estimate of drug-likeness (QED) is 0.696. The van der Waals surface area contributed by atoms with Crippen LogP contribution in [0.25, 0.3) is 11.3 Å². The minimum Gasteiger partial charge on any atom is -0.379 e. The minimum atomic E-state index is 0.336. The molecular formula is C6H5N3OS. The van der Waals surface area contributed by atoms with Crippen molar-refractivity contribution >= 4 is 17.2 Å². The van der Waals surface area contributed by atoms with Crippen LogP contribution in [-0.4, -0.2) is 10.3 Å². The summed E-state index contributed by atoms with van der Waals surface area (Å²) in [5.41, 5.74) is 7.04. The molecule has 0 bridgehead atoms. The van der Waals surface area contributed by atoms with Crippen molar-refractivity contribution in [2.24, 2.45) is 0 Å². The van der Waals surface area contributed by atoms with Crippen LogP contribution in [-0.2, 0) is 0 Å². The number of hydrogen-bond acceptors (Lipinski definition) is 5. The second kappa shape index (κ2) is 2.35. The topological polar surface area (TPSA) is 64.9 Å². The summed E-state index contributed by atoms with van der Waals surface area (Å²) in [6.07, 6.45) is 0. The van der Waals surface area contributed by atoms with Crippen LogP contribution in [0.2, 0.25) is 0 Å². The lowest BCUT2D eigenvalue weighted by Gasteiger charge is -1.85. The van der Waals surface area contributed by atoms with Gasteiger partial charge in [-0.25, -0.2) is 4.63 Å². The fourth-order valence-corrected chi connectivity index (χ4v) is 1.44. The Balaban J connectivity index is 2.53. The molecule has 56 valence electrons. The molecule has 0 aliphatic heterocycles. The highest BCUT2D eigenvalue weighted by Crippen LogP contribution is 2.23. The Bertz CT molecular complexity index is 340. The Kier molecular flexibility index (Phi) is 1.36. The molecule has 4 nitrogen and oxygen atoms in total. The molecule has 0 amide bonds. The van der Waals surface area contributed by atoms with Crippen molar-refractivity contribution in [1.82, 2.24) is 10.3 Å². The van der Waals surface area contributed by atoms with E-state index in [0.717, 1.165) is 5.56 Å². The van der Waals surface area contributed by atoms with Gasteiger partial charge in [-0.3, -0.25) is 0 Å². The van der Waals surface area contributed by atoms with Crippen LogP contribution in [0.1, 0.15) is 0 Å². The van der Waals surface area contributed by atoms with Gasteiger partial charge in [0.25, 0.3) is 0 Å². The summed E-state index contributed by atoms with van der Waals surface area (Å²) in [5, 5.41) is 11.0. The number of aromatic nitrogens is 2. The van der Waals surface area contributed by atoms with Crippen LogP contribution in [0.3, 0.4) is 0 Å². The molecule has 0 aliphatic rings. The van der Waals surface area contributed by atoms with E-state index in [2.05, 4.69) is 14.9 Å². The fourth-order valence-electron chi connectivity index (χ4n) is 0.795. The maximum absolute atomic E-state index is 5.47. The molecule has 0 aliphatic carbocycles. The molecule has 0 aromatic carbocycles. The molecule has 0 unspecified atom stereocenters. The summed E-state index contributed by atoms with van der Waals surface area (Å²) >= 11 is 1.58. The highest BCUT2D eigenvalue weighted by Gasteiger charge is 2.07. The summed E-state index contributed by atoms with van der Waals surface area (Å²) < 4.78 is 4.45. The molecule has 2 heterocycles. The van der Waals surface area contributed by atoms with E-state index in [1.807, 2.05) is 16.8 Å². The average Bonchev–Trinajstić information content (AvgIpc) is 2.55. The summed E-state index contributed by atoms with van der Waals surface area (Å²) in [4.78, 5) is 0. The monoisotopic (exact) mass is 167 g/mol. The van der Waals surface area contributed by atoms with Crippen LogP contribution in [0.4, 0.5) is 5.82 Å². The number of hydrogen-bond donors (Lipinski definition) is 1. The smallest absolute Gasteiger partial charge is 0.196 e. The van der Waals surface area contributed by atoms with E-state index in [-0.39, 0.29) is 0 Å². The van der Waals surface area contributed by atoms with Crippen molar-refractivity contribution in [3.63, 3.8) is 0 Å². The molecule has 0 radical (unpaired) electrons. The van der Waals surface area contributed by atoms with Crippen molar-refractivity contribution < 1.29 is 4.63 Å². The van der Waals surface area contributed by atoms with Crippen molar-refractivity contribution in [3.8, 4) is 11.3 Å². The van der Waals surface area contributed by atoms with Crippen molar-refractivity contribution in [2.45, 2.75) is 0 Å². The number of thiophene rings is 1. The predicted molar refractivity (Wildman–Crippen MR) is 42.0 cm³/mol. The standard InChI is InChI=1S/C6H5N3OS/c7-6-5(8-10-9-6)4-1-2-11-3-4/h1-3H,(H2,7,9). The molecule has 5 heteroatoms. The molecule has 0 spiro atoms. The Labute approximate surface area is 66.6 Å². The lowest BCUT2D eigenvalue weighted by atomic mass is 10.2. The largest absolute Gasteiger partial charge is 0.379 e. The molecule has 11 heavy (non-hydrogen) atoms. The van der Waals surface area contributed by atoms with Crippen LogP contribution in [0, 0.1) is 0 Å². The molecule has 0 fully saturated rings. The van der Waals surface area contributed by atoms with E-state index in [9.17, 15) is 0 Å². The Morgan fingerprint density at radius 1 is 1.45 bits per heavy atom. The molecule has 2 rings (SSSR count). The third-order valence-corrected chi connectivity index (χ3v) is 1.99. The van der Waals surface area contributed by atoms with E-state index in [1.165, 1.54) is 0 Å². The Morgan fingerprint density at radius 2 is 2.36 bits per heavy atom. The van der Waals surface area contributed by atoms with E-state index in [4.69, 9.17) is 5.73 Å². The maximum atomic E-state index is 5.47. The number of nitrogen functional groups attached to an aromatic ring is 1. The molecular weight excluding hydrogens is 162 g/mol. The minimum absolute atomic E-state index is 0.336. The van der Waals surface area contributed by atoms with Gasteiger partial charge in [0, 0.05) is 10.9 Å². The molecule has 2 aromatic heterocycles. The first kappa shape index (κ1) is 6.36. The van der Waals surface area contributed by atoms with E-state index >= 15 is 0 Å². The number of anilines is 1. The van der Waals surface area contributed by atoms with Crippen LogP contribution < -0.4 is 5.73 Å². The molecule has 0 atom stereocenters. The van der Waals surface area contributed by atoms with Crippen molar-refractivity contribution in [3.05, 3.63) is 16.8 Å². The number of nitrogens with two attached hydrogens (primary N) is 1. The van der Waals surface area contributed by atoms with Gasteiger partial charge in [-0.15, -0.1) is 0 Å². The summed E-state index contributed by atoms with van der Waals surface area (Å²) in [6.45, 7) is 0. The lowest BCUT2D eigenvalue weighted by Crippen LogP contribution is -1.86.